The van der Waals surface area contributed by atoms with Gasteiger partial charge in [-0.1, -0.05) is 36.4 Å². The summed E-state index contributed by atoms with van der Waals surface area (Å²) in [7, 11) is 0. The number of benzene rings is 2. The molecule has 3 heterocycles. The molecule has 7 nitrogen and oxygen atoms in total. The molecule has 2 aliphatic rings. The number of aromatic amines is 1. The van der Waals surface area contributed by atoms with Crippen LogP contribution >= 0.6 is 0 Å². The van der Waals surface area contributed by atoms with Gasteiger partial charge >= 0.3 is 6.03 Å². The summed E-state index contributed by atoms with van der Waals surface area (Å²) in [5.41, 5.74) is 3.61. The van der Waals surface area contributed by atoms with Crippen molar-refractivity contribution in [2.24, 2.45) is 0 Å². The van der Waals surface area contributed by atoms with Gasteiger partial charge in [0.1, 0.15) is 6.04 Å². The van der Waals surface area contributed by atoms with Crippen molar-refractivity contribution in [3.05, 3.63) is 78.0 Å². The molecule has 1 aromatic heterocycles. The van der Waals surface area contributed by atoms with Crippen LogP contribution in [-0.4, -0.2) is 40.3 Å². The Bertz CT molecular complexity index is 1240. The highest BCUT2D eigenvalue weighted by Gasteiger charge is 2.52. The van der Waals surface area contributed by atoms with Gasteiger partial charge in [-0.15, -0.1) is 6.58 Å². The molecule has 1 saturated heterocycles. The van der Waals surface area contributed by atoms with Crippen molar-refractivity contribution in [2.45, 2.75) is 25.4 Å². The fourth-order valence-electron chi connectivity index (χ4n) is 4.70. The Morgan fingerprint density at radius 2 is 1.94 bits per heavy atom. The molecule has 4 amide bonds. The second-order valence-electron chi connectivity index (χ2n) is 7.84. The quantitative estimate of drug-likeness (QED) is 0.506. The average Bonchev–Trinajstić information content (AvgIpc) is 3.28. The molecule has 0 unspecified atom stereocenters. The smallest absolute Gasteiger partial charge is 0.332 e. The number of carbonyl (C=O) groups is 3. The zero-order valence-corrected chi connectivity index (χ0v) is 17.1. The molecule has 0 radical (unpaired) electrons. The van der Waals surface area contributed by atoms with Crippen LogP contribution in [0.4, 0.5) is 10.5 Å². The molecular formula is C24H22N4O3. The lowest BCUT2D eigenvalue weighted by Gasteiger charge is -2.33. The van der Waals surface area contributed by atoms with E-state index in [1.165, 1.54) is 0 Å². The summed E-state index contributed by atoms with van der Waals surface area (Å²) in [5, 5.41) is 3.79. The van der Waals surface area contributed by atoms with Crippen LogP contribution in [0.2, 0.25) is 0 Å². The van der Waals surface area contributed by atoms with E-state index in [1.807, 2.05) is 31.2 Å². The number of anilines is 1. The Morgan fingerprint density at radius 3 is 2.74 bits per heavy atom. The first-order chi connectivity index (χ1) is 15.0. The summed E-state index contributed by atoms with van der Waals surface area (Å²) in [6.07, 6.45) is 2.02. The number of carbonyl (C=O) groups excluding carboxylic acids is 3. The highest BCUT2D eigenvalue weighted by atomic mass is 16.2. The van der Waals surface area contributed by atoms with Gasteiger partial charge in [0.25, 0.3) is 11.8 Å². The van der Waals surface area contributed by atoms with Gasteiger partial charge in [-0.2, -0.15) is 0 Å². The topological polar surface area (TPSA) is 85.5 Å². The van der Waals surface area contributed by atoms with Crippen molar-refractivity contribution < 1.29 is 14.4 Å². The van der Waals surface area contributed by atoms with E-state index >= 15 is 0 Å². The Labute approximate surface area is 179 Å². The number of amides is 4. The number of para-hydroxylation sites is 2. The minimum Gasteiger partial charge on any atom is -0.356 e. The van der Waals surface area contributed by atoms with Crippen LogP contribution in [0.3, 0.4) is 0 Å². The molecule has 156 valence electrons. The Balaban J connectivity index is 1.55. The standard InChI is InChI=1S/C24H22N4O3/c1-3-12-25-22(29)16-9-5-7-11-19(16)28-23(30)20-13-17-15-8-4-6-10-18(15)26-21(17)14(2)27(20)24(28)31/h3-11,14,20,26H,1,12-13H2,2H3,(H,25,29)/t14-,20+/m1/s1. The van der Waals surface area contributed by atoms with Crippen molar-refractivity contribution in [3.8, 4) is 0 Å². The monoisotopic (exact) mass is 414 g/mol. The normalized spacial score (nSPS) is 20.0. The maximum Gasteiger partial charge on any atom is 0.332 e. The highest BCUT2D eigenvalue weighted by molar-refractivity contribution is 6.24. The first kappa shape index (κ1) is 19.1. The summed E-state index contributed by atoms with van der Waals surface area (Å²) < 4.78 is 0. The number of urea groups is 1. The summed E-state index contributed by atoms with van der Waals surface area (Å²) >= 11 is 0. The lowest BCUT2D eigenvalue weighted by molar-refractivity contribution is -0.120. The van der Waals surface area contributed by atoms with E-state index in [9.17, 15) is 14.4 Å². The molecule has 2 aromatic carbocycles. The summed E-state index contributed by atoms with van der Waals surface area (Å²) in [6.45, 7) is 5.82. The van der Waals surface area contributed by atoms with Crippen molar-refractivity contribution in [3.63, 3.8) is 0 Å². The van der Waals surface area contributed by atoms with Gasteiger partial charge in [0.15, 0.2) is 0 Å². The van der Waals surface area contributed by atoms with E-state index in [1.54, 1.807) is 35.2 Å². The number of nitrogens with zero attached hydrogens (tertiary/aromatic N) is 2. The Hall–Kier alpha value is -3.87. The summed E-state index contributed by atoms with van der Waals surface area (Å²) in [4.78, 5) is 45.7. The van der Waals surface area contributed by atoms with Gasteiger partial charge < -0.3 is 15.2 Å². The van der Waals surface area contributed by atoms with E-state index in [-0.39, 0.29) is 23.4 Å². The molecule has 3 aromatic rings. The molecule has 2 N–H and O–H groups in total. The molecule has 0 spiro atoms. The maximum atomic E-state index is 13.5. The van der Waals surface area contributed by atoms with Crippen LogP contribution in [0.25, 0.3) is 10.9 Å². The number of hydrogen-bond acceptors (Lipinski definition) is 3. The van der Waals surface area contributed by atoms with Gasteiger partial charge in [0.2, 0.25) is 0 Å². The molecule has 2 aliphatic heterocycles. The SMILES string of the molecule is C=CCNC(=O)c1ccccc1N1C(=O)[C@@H]2Cc3c([nH]c4ccccc34)[C@@H](C)N2C1=O. The van der Waals surface area contributed by atoms with Crippen molar-refractivity contribution >= 4 is 34.4 Å². The maximum absolute atomic E-state index is 13.5. The van der Waals surface area contributed by atoms with Crippen molar-refractivity contribution in [2.75, 3.05) is 11.4 Å². The van der Waals surface area contributed by atoms with Crippen molar-refractivity contribution in [1.29, 1.82) is 0 Å². The molecule has 1 fully saturated rings. The van der Waals surface area contributed by atoms with E-state index in [2.05, 4.69) is 16.9 Å². The van der Waals surface area contributed by atoms with Crippen LogP contribution < -0.4 is 10.2 Å². The van der Waals surface area contributed by atoms with E-state index < -0.39 is 12.1 Å². The number of imide groups is 1. The molecule has 31 heavy (non-hydrogen) atoms. The van der Waals surface area contributed by atoms with Crippen LogP contribution in [0.1, 0.15) is 34.6 Å². The van der Waals surface area contributed by atoms with Gasteiger partial charge in [-0.25, -0.2) is 9.69 Å². The minimum atomic E-state index is -0.599. The third kappa shape index (κ3) is 2.77. The number of rotatable bonds is 4. The van der Waals surface area contributed by atoms with Crippen LogP contribution in [0, 0.1) is 0 Å². The number of fused-ring (bicyclic) bond motifs is 4. The molecule has 2 atom stereocenters. The second kappa shape index (κ2) is 7.12. The van der Waals surface area contributed by atoms with Gasteiger partial charge in [-0.05, 0) is 30.7 Å². The largest absolute Gasteiger partial charge is 0.356 e. The molecular weight excluding hydrogens is 392 g/mol. The van der Waals surface area contributed by atoms with Crippen LogP contribution in [-0.2, 0) is 11.2 Å². The predicted octanol–water partition coefficient (Wildman–Crippen LogP) is 3.54. The summed E-state index contributed by atoms with van der Waals surface area (Å²) in [5.74, 6) is -0.665. The first-order valence-corrected chi connectivity index (χ1v) is 10.3. The highest BCUT2D eigenvalue weighted by Crippen LogP contribution is 2.42. The van der Waals surface area contributed by atoms with Crippen LogP contribution in [0.15, 0.2) is 61.2 Å². The second-order valence-corrected chi connectivity index (χ2v) is 7.84. The molecule has 5 rings (SSSR count). The van der Waals surface area contributed by atoms with Gasteiger partial charge in [0, 0.05) is 29.6 Å². The zero-order chi connectivity index (χ0) is 21.7. The van der Waals surface area contributed by atoms with E-state index in [0.717, 1.165) is 27.1 Å². The predicted molar refractivity (Wildman–Crippen MR) is 118 cm³/mol. The van der Waals surface area contributed by atoms with E-state index in [0.29, 0.717) is 18.7 Å². The van der Waals surface area contributed by atoms with Gasteiger partial charge in [-0.3, -0.25) is 9.59 Å². The third-order valence-electron chi connectivity index (χ3n) is 6.13. The van der Waals surface area contributed by atoms with Gasteiger partial charge in [0.05, 0.1) is 17.3 Å². The molecule has 7 heteroatoms. The molecule has 0 aliphatic carbocycles. The summed E-state index contributed by atoms with van der Waals surface area (Å²) in [6, 6.07) is 13.4. The van der Waals surface area contributed by atoms with Crippen molar-refractivity contribution in [1.82, 2.24) is 15.2 Å². The lowest BCUT2D eigenvalue weighted by atomic mass is 9.93. The Kier molecular flexibility index (Phi) is 4.39. The van der Waals surface area contributed by atoms with E-state index in [4.69, 9.17) is 0 Å². The Morgan fingerprint density at radius 1 is 1.19 bits per heavy atom. The number of H-pyrrole nitrogens is 1. The fraction of sp³-hybridized carbons (Fsp3) is 0.208. The number of nitrogens with one attached hydrogen (secondary N) is 2. The first-order valence-electron chi connectivity index (χ1n) is 10.3. The zero-order valence-electron chi connectivity index (χ0n) is 17.1. The average molecular weight is 414 g/mol. The molecule has 0 bridgehead atoms. The lowest BCUT2D eigenvalue weighted by Crippen LogP contribution is -2.42. The molecule has 0 saturated carbocycles. The number of aromatic nitrogens is 1. The van der Waals surface area contributed by atoms with Crippen LogP contribution in [0.5, 0.6) is 0 Å². The third-order valence-corrected chi connectivity index (χ3v) is 6.13. The minimum absolute atomic E-state index is 0.280. The fourth-order valence-corrected chi connectivity index (χ4v) is 4.70. The number of hydrogen-bond donors (Lipinski definition) is 2.